The Morgan fingerprint density at radius 3 is 2.31 bits per heavy atom. The largest absolute Gasteiger partial charge is 0.481 e. The van der Waals surface area contributed by atoms with E-state index in [2.05, 4.69) is 17.0 Å². The van der Waals surface area contributed by atoms with Crippen LogP contribution in [0.4, 0.5) is 0 Å². The first-order valence-corrected chi connectivity index (χ1v) is 15.6. The van der Waals surface area contributed by atoms with E-state index in [1.165, 1.54) is 23.7 Å². The molecule has 1 atom stereocenters. The summed E-state index contributed by atoms with van der Waals surface area (Å²) in [7, 11) is 0. The van der Waals surface area contributed by atoms with Crippen molar-refractivity contribution in [3.05, 3.63) is 46.6 Å². The maximum Gasteiger partial charge on any atom is 0.321 e. The van der Waals surface area contributed by atoms with Crippen LogP contribution in [-0.2, 0) is 25.6 Å². The average Bonchev–Trinajstić information content (AvgIpc) is 3.22. The van der Waals surface area contributed by atoms with Gasteiger partial charge in [-0.3, -0.25) is 4.79 Å². The first-order chi connectivity index (χ1) is 15.1. The van der Waals surface area contributed by atoms with Crippen LogP contribution in [0, 0.1) is 0 Å². The van der Waals surface area contributed by atoms with Gasteiger partial charge in [0.05, 0.1) is 29.6 Å². The zero-order chi connectivity index (χ0) is 24.6. The summed E-state index contributed by atoms with van der Waals surface area (Å²) in [5.41, 5.74) is 2.71. The molecule has 0 saturated carbocycles. The van der Waals surface area contributed by atoms with Crippen LogP contribution in [-0.4, -0.2) is 46.3 Å². The number of rotatable bonds is 10. The van der Waals surface area contributed by atoms with Crippen LogP contribution >= 0.6 is 64.7 Å². The number of aliphatic carboxylic acids is 1. The van der Waals surface area contributed by atoms with Gasteiger partial charge >= 0.3 is 5.97 Å². The first kappa shape index (κ1) is 31.9. The van der Waals surface area contributed by atoms with Gasteiger partial charge in [-0.1, -0.05) is 34.6 Å². The van der Waals surface area contributed by atoms with Gasteiger partial charge in [0.1, 0.15) is 6.04 Å². The minimum atomic E-state index is -2.23. The van der Waals surface area contributed by atoms with E-state index in [-0.39, 0.29) is 11.7 Å². The topological polar surface area (TPSA) is 115 Å². The first-order valence-electron chi connectivity index (χ1n) is 9.01. The zero-order valence-corrected chi connectivity index (χ0v) is 23.1. The Kier molecular flexibility index (Phi) is 18.2. The predicted octanol–water partition coefficient (Wildman–Crippen LogP) is 6.39. The molecule has 182 valence electrons. The monoisotopic (exact) mass is 581 g/mol. The molecule has 1 heterocycles. The Labute approximate surface area is 217 Å². The zero-order valence-electron chi connectivity index (χ0n) is 17.3. The van der Waals surface area contributed by atoms with Crippen LogP contribution in [0.25, 0.3) is 0 Å². The third kappa shape index (κ3) is 15.0. The Morgan fingerprint density at radius 1 is 1.31 bits per heavy atom. The van der Waals surface area contributed by atoms with Gasteiger partial charge in [-0.25, -0.2) is 0 Å². The van der Waals surface area contributed by atoms with Crippen LogP contribution in [0.5, 0.6) is 5.95 Å². The lowest BCUT2D eigenvalue weighted by atomic mass is 10.4. The lowest BCUT2D eigenvalue weighted by Gasteiger charge is -2.19. The van der Waals surface area contributed by atoms with Crippen molar-refractivity contribution in [1.82, 2.24) is 0 Å². The normalized spacial score (nSPS) is 11.6. The van der Waals surface area contributed by atoms with Crippen LogP contribution in [0.3, 0.4) is 0 Å². The van der Waals surface area contributed by atoms with Gasteiger partial charge in [0, 0.05) is 21.7 Å². The fourth-order valence-corrected chi connectivity index (χ4v) is 9.21. The number of thioether (sulfide) groups is 1. The van der Waals surface area contributed by atoms with Crippen LogP contribution in [0.15, 0.2) is 45.9 Å². The third-order valence-electron chi connectivity index (χ3n) is 2.91. The van der Waals surface area contributed by atoms with E-state index in [1.54, 1.807) is 30.0 Å². The fraction of sp³-hybridized carbons (Fsp3) is 0.389. The molecule has 0 amide bonds. The summed E-state index contributed by atoms with van der Waals surface area (Å²) >= 11 is 24.2. The van der Waals surface area contributed by atoms with E-state index in [0.717, 1.165) is 9.98 Å². The van der Waals surface area contributed by atoms with Gasteiger partial charge in [0.25, 0.3) is 5.95 Å². The number of aromatic hydroxyl groups is 1. The molecule has 14 heteroatoms. The van der Waals surface area contributed by atoms with Gasteiger partial charge in [0.15, 0.2) is 0 Å². The van der Waals surface area contributed by atoms with Gasteiger partial charge in [-0.05, 0) is 49.9 Å². The standard InChI is InChI=1S/C11H15Cl2O2PS3.C4H4O2.C3H7NO2S/c1-3-14-16(17,15-4-2)19-8-18-11-7-9(12)5-6-10(11)13;5-4-2-1-3-6-4;4-2(1-7)3(5)6/h5-7H,3-4,8H2,1-2H3;1-3,5H;2,7H,1,4H2,(H,5,6). The van der Waals surface area contributed by atoms with Crippen molar-refractivity contribution in [2.45, 2.75) is 24.8 Å². The molecule has 4 N–H and O–H groups in total. The minimum absolute atomic E-state index is 0.0324. The number of furan rings is 1. The van der Waals surface area contributed by atoms with Crippen LogP contribution in [0.2, 0.25) is 10.0 Å². The molecule has 0 radical (unpaired) electrons. The van der Waals surface area contributed by atoms with Crippen LogP contribution in [0.1, 0.15) is 13.8 Å². The molecule has 32 heavy (non-hydrogen) atoms. The Bertz CT molecular complexity index is 822. The summed E-state index contributed by atoms with van der Waals surface area (Å²) in [4.78, 5) is 10.7. The van der Waals surface area contributed by atoms with Crippen molar-refractivity contribution in [2.75, 3.05) is 24.1 Å². The fourth-order valence-electron chi connectivity index (χ4n) is 1.52. The van der Waals surface area contributed by atoms with Crippen molar-refractivity contribution in [2.24, 2.45) is 5.73 Å². The van der Waals surface area contributed by atoms with E-state index in [4.69, 9.17) is 60.0 Å². The molecule has 0 aliphatic carbocycles. The number of carbonyl (C=O) groups is 1. The number of thiol groups is 1. The Balaban J connectivity index is 0.000000599. The molecule has 1 aromatic carbocycles. The SMILES string of the molecule is CCOP(=S)(OCC)SCSc1cc(Cl)ccc1Cl.NC(CS)C(=O)O.Oc1ccco1. The molecular weight excluding hydrogens is 556 g/mol. The maximum atomic E-state index is 9.76. The van der Waals surface area contributed by atoms with Gasteiger partial charge in [-0.2, -0.15) is 12.6 Å². The maximum absolute atomic E-state index is 9.76. The molecule has 1 unspecified atom stereocenters. The summed E-state index contributed by atoms with van der Waals surface area (Å²) in [5, 5.41) is 18.4. The lowest BCUT2D eigenvalue weighted by Crippen LogP contribution is -2.31. The molecule has 0 aliphatic heterocycles. The van der Waals surface area contributed by atoms with Crippen LogP contribution < -0.4 is 5.73 Å². The summed E-state index contributed by atoms with van der Waals surface area (Å²) in [6.07, 6.45) is 1.41. The molecule has 0 fully saturated rings. The predicted molar refractivity (Wildman–Crippen MR) is 142 cm³/mol. The summed E-state index contributed by atoms with van der Waals surface area (Å²) in [6.45, 7) is 4.96. The molecule has 0 bridgehead atoms. The smallest absolute Gasteiger partial charge is 0.321 e. The third-order valence-corrected chi connectivity index (χ3v) is 11.1. The van der Waals surface area contributed by atoms with Gasteiger partial charge in [0.2, 0.25) is 5.69 Å². The molecule has 0 saturated heterocycles. The van der Waals surface area contributed by atoms with Gasteiger partial charge < -0.3 is 29.4 Å². The van der Waals surface area contributed by atoms with E-state index >= 15 is 0 Å². The van der Waals surface area contributed by atoms with E-state index in [0.29, 0.717) is 23.3 Å². The summed E-state index contributed by atoms with van der Waals surface area (Å²) in [5.74, 6) is -0.847. The Morgan fingerprint density at radius 2 is 1.94 bits per heavy atom. The van der Waals surface area contributed by atoms with Crippen molar-refractivity contribution in [1.29, 1.82) is 0 Å². The molecule has 0 spiro atoms. The number of hydrogen-bond acceptors (Lipinski definition) is 10. The number of nitrogens with two attached hydrogens (primary N) is 1. The number of carboxylic acids is 1. The Hall–Kier alpha value is -0.0700. The second-order valence-electron chi connectivity index (χ2n) is 5.33. The molecule has 2 aromatic rings. The molecule has 2 rings (SSSR count). The highest BCUT2D eigenvalue weighted by Crippen LogP contribution is 2.62. The highest BCUT2D eigenvalue weighted by molar-refractivity contribution is 8.69. The molecular formula is C18H26Cl2NO6PS4. The van der Waals surface area contributed by atoms with E-state index in [9.17, 15) is 4.79 Å². The second-order valence-corrected chi connectivity index (χ2v) is 14.2. The highest BCUT2D eigenvalue weighted by Gasteiger charge is 2.19. The number of carboxylic acid groups (broad SMARTS) is 1. The van der Waals surface area contributed by atoms with E-state index in [1.807, 2.05) is 19.9 Å². The number of hydrogen-bond donors (Lipinski definition) is 4. The highest BCUT2D eigenvalue weighted by atomic mass is 35.5. The number of halogens is 2. The van der Waals surface area contributed by atoms with Crippen molar-refractivity contribution >= 4 is 82.4 Å². The molecule has 1 aromatic heterocycles. The van der Waals surface area contributed by atoms with Gasteiger partial charge in [-0.15, -0.1) is 11.8 Å². The summed E-state index contributed by atoms with van der Waals surface area (Å²) < 4.78 is 15.5. The average molecular weight is 583 g/mol. The number of benzene rings is 1. The minimum Gasteiger partial charge on any atom is -0.481 e. The quantitative estimate of drug-likeness (QED) is 0.109. The van der Waals surface area contributed by atoms with Crippen molar-refractivity contribution in [3.8, 4) is 5.95 Å². The second kappa shape index (κ2) is 18.3. The van der Waals surface area contributed by atoms with Crippen molar-refractivity contribution < 1.29 is 28.5 Å². The molecule has 7 nitrogen and oxygen atoms in total. The van der Waals surface area contributed by atoms with Crippen molar-refractivity contribution in [3.63, 3.8) is 0 Å². The van der Waals surface area contributed by atoms with E-state index < -0.39 is 17.7 Å². The summed E-state index contributed by atoms with van der Waals surface area (Å²) in [6, 6.07) is 7.68. The lowest BCUT2D eigenvalue weighted by molar-refractivity contribution is -0.137. The molecule has 0 aliphatic rings.